The molecule has 24 heavy (non-hydrogen) atoms. The first-order valence-electron chi connectivity index (χ1n) is 8.03. The molecule has 7 heteroatoms. The van der Waals surface area contributed by atoms with Gasteiger partial charge in [-0.1, -0.05) is 0 Å². The minimum absolute atomic E-state index is 0.111. The van der Waals surface area contributed by atoms with Gasteiger partial charge in [0.05, 0.1) is 11.9 Å². The molecule has 3 aromatic heterocycles. The van der Waals surface area contributed by atoms with E-state index in [0.717, 1.165) is 43.0 Å². The number of nitrogens with zero attached hydrogens (tertiary/aromatic N) is 5. The van der Waals surface area contributed by atoms with Crippen LogP contribution in [0.2, 0.25) is 0 Å². The van der Waals surface area contributed by atoms with Crippen molar-refractivity contribution in [2.45, 2.75) is 25.9 Å². The molecular weight excluding hydrogens is 309 g/mol. The second-order valence-electron chi connectivity index (χ2n) is 5.99. The van der Waals surface area contributed by atoms with E-state index in [-0.39, 0.29) is 6.10 Å². The number of ether oxygens (including phenoxy) is 1. The van der Waals surface area contributed by atoms with E-state index in [1.807, 2.05) is 17.6 Å². The fourth-order valence-corrected chi connectivity index (χ4v) is 3.08. The second kappa shape index (κ2) is 6.07. The molecule has 124 valence electrons. The van der Waals surface area contributed by atoms with E-state index in [2.05, 4.69) is 26.0 Å². The number of rotatable bonds is 3. The van der Waals surface area contributed by atoms with Crippen LogP contribution in [0.1, 0.15) is 18.5 Å². The molecule has 0 aliphatic carbocycles. The summed E-state index contributed by atoms with van der Waals surface area (Å²) in [5.41, 5.74) is 2.00. The van der Waals surface area contributed by atoms with Crippen molar-refractivity contribution in [3.8, 4) is 5.75 Å². The number of anilines is 1. The third kappa shape index (κ3) is 2.89. The van der Waals surface area contributed by atoms with Gasteiger partial charge in [-0.05, 0) is 25.1 Å². The van der Waals surface area contributed by atoms with Crippen molar-refractivity contribution in [3.63, 3.8) is 0 Å². The molecule has 1 aliphatic rings. The van der Waals surface area contributed by atoms with Gasteiger partial charge in [-0.15, -0.1) is 0 Å². The molecule has 0 radical (unpaired) electrons. The van der Waals surface area contributed by atoms with Crippen LogP contribution in [0.4, 0.5) is 10.2 Å². The largest absolute Gasteiger partial charge is 0.489 e. The topological polar surface area (TPSA) is 55.5 Å². The van der Waals surface area contributed by atoms with Gasteiger partial charge in [0.1, 0.15) is 17.4 Å². The van der Waals surface area contributed by atoms with E-state index < -0.39 is 5.95 Å². The minimum Gasteiger partial charge on any atom is -0.489 e. The van der Waals surface area contributed by atoms with Gasteiger partial charge in [-0.3, -0.25) is 0 Å². The summed E-state index contributed by atoms with van der Waals surface area (Å²) in [4.78, 5) is 10.4. The summed E-state index contributed by atoms with van der Waals surface area (Å²) >= 11 is 0. The Morgan fingerprint density at radius 2 is 2.04 bits per heavy atom. The van der Waals surface area contributed by atoms with Gasteiger partial charge in [0.25, 0.3) is 0 Å². The lowest BCUT2D eigenvalue weighted by Crippen LogP contribution is -2.38. The fraction of sp³-hybridized carbons (Fsp3) is 0.353. The van der Waals surface area contributed by atoms with E-state index in [1.165, 1.54) is 12.3 Å². The average molecular weight is 327 g/mol. The Labute approximate surface area is 138 Å². The number of hydrogen-bond donors (Lipinski definition) is 0. The molecule has 1 saturated heterocycles. The van der Waals surface area contributed by atoms with Crippen molar-refractivity contribution >= 4 is 11.3 Å². The number of piperidine rings is 1. The van der Waals surface area contributed by atoms with Crippen molar-refractivity contribution in [1.29, 1.82) is 0 Å². The van der Waals surface area contributed by atoms with Crippen molar-refractivity contribution in [2.24, 2.45) is 0 Å². The molecule has 4 heterocycles. The second-order valence-corrected chi connectivity index (χ2v) is 5.99. The van der Waals surface area contributed by atoms with Crippen LogP contribution in [0.3, 0.4) is 0 Å². The highest BCUT2D eigenvalue weighted by Crippen LogP contribution is 2.25. The number of hydrogen-bond acceptors (Lipinski definition) is 5. The van der Waals surface area contributed by atoms with Gasteiger partial charge < -0.3 is 9.64 Å². The van der Waals surface area contributed by atoms with Gasteiger partial charge >= 0.3 is 0 Å². The smallest absolute Gasteiger partial charge is 0.213 e. The van der Waals surface area contributed by atoms with Crippen LogP contribution >= 0.6 is 0 Å². The molecule has 1 fully saturated rings. The zero-order valence-corrected chi connectivity index (χ0v) is 13.4. The Hall–Kier alpha value is -2.70. The summed E-state index contributed by atoms with van der Waals surface area (Å²) in [7, 11) is 0. The van der Waals surface area contributed by atoms with Crippen LogP contribution in [0.25, 0.3) is 5.52 Å². The lowest BCUT2D eigenvalue weighted by atomic mass is 10.1. The average Bonchev–Trinajstić information content (AvgIpc) is 2.98. The van der Waals surface area contributed by atoms with E-state index in [1.54, 1.807) is 12.3 Å². The molecule has 4 rings (SSSR count). The molecule has 0 unspecified atom stereocenters. The van der Waals surface area contributed by atoms with E-state index in [4.69, 9.17) is 4.74 Å². The number of fused-ring (bicyclic) bond motifs is 1. The van der Waals surface area contributed by atoms with E-state index in [0.29, 0.717) is 5.75 Å². The number of aryl methyl sites for hydroxylation is 1. The van der Waals surface area contributed by atoms with Crippen molar-refractivity contribution in [3.05, 3.63) is 48.4 Å². The highest BCUT2D eigenvalue weighted by atomic mass is 19.1. The quantitative estimate of drug-likeness (QED) is 0.692. The van der Waals surface area contributed by atoms with Gasteiger partial charge in [0, 0.05) is 38.3 Å². The molecule has 0 amide bonds. The molecule has 0 spiro atoms. The monoisotopic (exact) mass is 327 g/mol. The normalized spacial score (nSPS) is 15.8. The minimum atomic E-state index is -0.493. The molecular formula is C17H18FN5O. The highest BCUT2D eigenvalue weighted by Gasteiger charge is 2.23. The predicted octanol–water partition coefficient (Wildman–Crippen LogP) is 2.62. The Balaban J connectivity index is 1.44. The van der Waals surface area contributed by atoms with E-state index in [9.17, 15) is 4.39 Å². The first-order chi connectivity index (χ1) is 11.7. The zero-order valence-electron chi connectivity index (χ0n) is 13.4. The predicted molar refractivity (Wildman–Crippen MR) is 87.8 cm³/mol. The molecule has 0 bridgehead atoms. The van der Waals surface area contributed by atoms with Crippen LogP contribution < -0.4 is 9.64 Å². The van der Waals surface area contributed by atoms with Gasteiger partial charge in [-0.25, -0.2) is 14.5 Å². The molecule has 6 nitrogen and oxygen atoms in total. The van der Waals surface area contributed by atoms with Gasteiger partial charge in [0.2, 0.25) is 5.95 Å². The summed E-state index contributed by atoms with van der Waals surface area (Å²) in [5.74, 6) is 1.08. The van der Waals surface area contributed by atoms with Crippen molar-refractivity contribution in [2.75, 3.05) is 18.0 Å². The fourth-order valence-electron chi connectivity index (χ4n) is 3.08. The van der Waals surface area contributed by atoms with Crippen LogP contribution in [0, 0.1) is 12.9 Å². The SMILES string of the molecule is Cc1cc2c(N3CCC(Oc4ccc(F)nc4)CC3)nccn2n1. The van der Waals surface area contributed by atoms with Crippen LogP contribution in [-0.2, 0) is 0 Å². The number of pyridine rings is 1. The Morgan fingerprint density at radius 1 is 1.21 bits per heavy atom. The third-order valence-corrected chi connectivity index (χ3v) is 4.24. The summed E-state index contributed by atoms with van der Waals surface area (Å²) in [6.07, 6.45) is 6.95. The molecule has 3 aromatic rings. The van der Waals surface area contributed by atoms with Crippen LogP contribution in [0.5, 0.6) is 5.75 Å². The Bertz CT molecular complexity index is 840. The number of aromatic nitrogens is 4. The van der Waals surface area contributed by atoms with Crippen LogP contribution in [0.15, 0.2) is 36.8 Å². The lowest BCUT2D eigenvalue weighted by Gasteiger charge is -2.33. The zero-order chi connectivity index (χ0) is 16.5. The molecule has 0 saturated carbocycles. The number of halogens is 1. The highest BCUT2D eigenvalue weighted by molar-refractivity contribution is 5.69. The Kier molecular flexibility index (Phi) is 3.76. The maximum atomic E-state index is 12.8. The Morgan fingerprint density at radius 3 is 2.79 bits per heavy atom. The third-order valence-electron chi connectivity index (χ3n) is 4.24. The van der Waals surface area contributed by atoms with Gasteiger partial charge in [-0.2, -0.15) is 9.49 Å². The molecule has 0 N–H and O–H groups in total. The molecule has 0 atom stereocenters. The lowest BCUT2D eigenvalue weighted by molar-refractivity contribution is 0.170. The summed E-state index contributed by atoms with van der Waals surface area (Å²) in [6, 6.07) is 4.98. The molecule has 1 aliphatic heterocycles. The summed E-state index contributed by atoms with van der Waals surface area (Å²) in [5, 5.41) is 4.43. The maximum Gasteiger partial charge on any atom is 0.213 e. The van der Waals surface area contributed by atoms with Crippen molar-refractivity contribution < 1.29 is 9.13 Å². The first-order valence-corrected chi connectivity index (χ1v) is 8.03. The van der Waals surface area contributed by atoms with Gasteiger partial charge in [0.15, 0.2) is 5.82 Å². The molecule has 0 aromatic carbocycles. The summed E-state index contributed by atoms with van der Waals surface area (Å²) in [6.45, 7) is 3.69. The van der Waals surface area contributed by atoms with Crippen LogP contribution in [-0.4, -0.2) is 38.8 Å². The standard InChI is InChI=1S/C17H18FN5O/c1-12-10-15-17(19-6-9-23(15)21-12)22-7-4-13(5-8-22)24-14-2-3-16(18)20-11-14/h2-3,6,9-11,13H,4-5,7-8H2,1H3. The van der Waals surface area contributed by atoms with Crippen molar-refractivity contribution in [1.82, 2.24) is 19.6 Å². The first kappa shape index (κ1) is 14.9. The van der Waals surface area contributed by atoms with E-state index >= 15 is 0 Å². The summed E-state index contributed by atoms with van der Waals surface area (Å²) < 4.78 is 20.6. The maximum absolute atomic E-state index is 12.8.